The second-order valence-electron chi connectivity index (χ2n) is 2.29. The Balaban J connectivity index is 0.000000128. The van der Waals surface area contributed by atoms with E-state index in [1.807, 2.05) is 0 Å². The van der Waals surface area contributed by atoms with Gasteiger partial charge in [-0.3, -0.25) is 0 Å². The minimum atomic E-state index is 0. The molecule has 56 valence electrons. The topological polar surface area (TPSA) is 25.1 Å². The normalized spacial score (nSPS) is 35.3. The molecule has 0 spiro atoms. The van der Waals surface area contributed by atoms with E-state index in [0.717, 1.165) is 13.2 Å². The summed E-state index contributed by atoms with van der Waals surface area (Å²) in [7, 11) is 0. The number of rotatable bonds is 0. The van der Waals surface area contributed by atoms with Gasteiger partial charge in [0.1, 0.15) is 0 Å². The molecule has 0 radical (unpaired) electrons. The molecule has 9 heavy (non-hydrogen) atoms. The van der Waals surface area contributed by atoms with Crippen LogP contribution >= 0.6 is 0 Å². The van der Waals surface area contributed by atoms with Crippen LogP contribution in [0.2, 0.25) is 0 Å². The molecule has 2 fully saturated rings. The second kappa shape index (κ2) is 3.85. The first-order chi connectivity index (χ1) is 3.79. The zero-order chi connectivity index (χ0) is 5.98. The third kappa shape index (κ3) is 7.92. The van der Waals surface area contributed by atoms with E-state index in [4.69, 9.17) is 9.47 Å². The lowest BCUT2D eigenvalue weighted by molar-refractivity contribution is 0.423. The third-order valence-corrected chi connectivity index (χ3v) is 1.00. The fraction of sp³-hybridized carbons (Fsp3) is 1.00. The standard InChI is InChI=1S/2C3H6O.CH4/c2*1-3-2-4-3;/h2*3H,2H2,1H3;1H4. The summed E-state index contributed by atoms with van der Waals surface area (Å²) in [5, 5.41) is 0. The molecule has 0 amide bonds. The van der Waals surface area contributed by atoms with E-state index in [1.54, 1.807) is 0 Å². The summed E-state index contributed by atoms with van der Waals surface area (Å²) in [6.45, 7) is 6.08. The monoisotopic (exact) mass is 132 g/mol. The lowest BCUT2D eigenvalue weighted by Gasteiger charge is -1.51. The molecule has 0 bridgehead atoms. The molecule has 0 N–H and O–H groups in total. The van der Waals surface area contributed by atoms with Gasteiger partial charge < -0.3 is 9.47 Å². The molecule has 0 aromatic heterocycles. The fourth-order valence-corrected chi connectivity index (χ4v) is 0.192. The minimum absolute atomic E-state index is 0. The Morgan fingerprint density at radius 2 is 1.11 bits per heavy atom. The maximum Gasteiger partial charge on any atom is 0.0781 e. The molecule has 2 unspecified atom stereocenters. The molecule has 2 aliphatic rings. The largest absolute Gasteiger partial charge is 0.373 e. The Labute approximate surface area is 57.2 Å². The predicted octanol–water partition coefficient (Wildman–Crippen LogP) is 1.45. The molecule has 2 atom stereocenters. The molecular weight excluding hydrogens is 116 g/mol. The highest BCUT2D eigenvalue weighted by Crippen LogP contribution is 2.04. The van der Waals surface area contributed by atoms with Gasteiger partial charge in [0, 0.05) is 0 Å². The van der Waals surface area contributed by atoms with Crippen LogP contribution in [-0.4, -0.2) is 25.4 Å². The van der Waals surface area contributed by atoms with Crippen molar-refractivity contribution in [2.75, 3.05) is 13.2 Å². The van der Waals surface area contributed by atoms with Crippen LogP contribution in [0, 0.1) is 0 Å². The first kappa shape index (κ1) is 8.92. The summed E-state index contributed by atoms with van der Waals surface area (Å²) in [5.41, 5.74) is 0. The second-order valence-corrected chi connectivity index (χ2v) is 2.29. The molecule has 2 heteroatoms. The van der Waals surface area contributed by atoms with Gasteiger partial charge in [-0.05, 0) is 13.8 Å². The molecule has 2 nitrogen and oxygen atoms in total. The van der Waals surface area contributed by atoms with Crippen molar-refractivity contribution in [2.45, 2.75) is 33.5 Å². The van der Waals surface area contributed by atoms with Gasteiger partial charge in [-0.2, -0.15) is 0 Å². The van der Waals surface area contributed by atoms with Crippen LogP contribution in [0.4, 0.5) is 0 Å². The van der Waals surface area contributed by atoms with Gasteiger partial charge >= 0.3 is 0 Å². The van der Waals surface area contributed by atoms with Crippen LogP contribution in [0.5, 0.6) is 0 Å². The minimum Gasteiger partial charge on any atom is -0.373 e. The zero-order valence-corrected chi connectivity index (χ0v) is 5.39. The maximum atomic E-state index is 4.71. The molecule has 2 rings (SSSR count). The van der Waals surface area contributed by atoms with E-state index >= 15 is 0 Å². The molecular formula is C7H16O2. The Bertz CT molecular complexity index is 55.3. The molecule has 2 aliphatic heterocycles. The Hall–Kier alpha value is -0.0800. The lowest BCUT2D eigenvalue weighted by atomic mass is 10.6. The molecule has 0 aliphatic carbocycles. The van der Waals surface area contributed by atoms with Gasteiger partial charge in [-0.1, -0.05) is 7.43 Å². The third-order valence-electron chi connectivity index (χ3n) is 1.00. The van der Waals surface area contributed by atoms with Crippen LogP contribution in [0.1, 0.15) is 21.3 Å². The van der Waals surface area contributed by atoms with E-state index in [9.17, 15) is 0 Å². The van der Waals surface area contributed by atoms with Gasteiger partial charge in [0.15, 0.2) is 0 Å². The summed E-state index contributed by atoms with van der Waals surface area (Å²) in [5.74, 6) is 0. The average Bonchev–Trinajstić information content (AvgIpc) is 2.47. The number of epoxide rings is 2. The van der Waals surface area contributed by atoms with Crippen LogP contribution in [0.3, 0.4) is 0 Å². The van der Waals surface area contributed by atoms with Crippen molar-refractivity contribution < 1.29 is 9.47 Å². The first-order valence-electron chi connectivity index (χ1n) is 3.02. The molecule has 2 heterocycles. The lowest BCUT2D eigenvalue weighted by Crippen LogP contribution is -1.60. The molecule has 2 saturated heterocycles. The zero-order valence-electron chi connectivity index (χ0n) is 5.39. The van der Waals surface area contributed by atoms with Crippen LogP contribution in [0.25, 0.3) is 0 Å². The van der Waals surface area contributed by atoms with Gasteiger partial charge in [0.05, 0.1) is 25.4 Å². The van der Waals surface area contributed by atoms with Crippen LogP contribution < -0.4 is 0 Å². The Morgan fingerprint density at radius 1 is 1.00 bits per heavy atom. The Morgan fingerprint density at radius 3 is 1.11 bits per heavy atom. The van der Waals surface area contributed by atoms with Gasteiger partial charge in [-0.25, -0.2) is 0 Å². The highest BCUT2D eigenvalue weighted by Gasteiger charge is 2.13. The quantitative estimate of drug-likeness (QED) is 0.466. The van der Waals surface area contributed by atoms with E-state index in [1.165, 1.54) is 0 Å². The molecule has 0 aromatic rings. The van der Waals surface area contributed by atoms with E-state index < -0.39 is 0 Å². The SMILES string of the molecule is C.CC1CO1.CC1CO1. The van der Waals surface area contributed by atoms with Gasteiger partial charge in [0.25, 0.3) is 0 Å². The van der Waals surface area contributed by atoms with Crippen LogP contribution in [-0.2, 0) is 9.47 Å². The number of ether oxygens (including phenoxy) is 2. The van der Waals surface area contributed by atoms with Crippen molar-refractivity contribution in [3.05, 3.63) is 0 Å². The van der Waals surface area contributed by atoms with Crippen molar-refractivity contribution in [3.63, 3.8) is 0 Å². The van der Waals surface area contributed by atoms with Gasteiger partial charge in [0.2, 0.25) is 0 Å². The predicted molar refractivity (Wildman–Crippen MR) is 37.6 cm³/mol. The fourth-order valence-electron chi connectivity index (χ4n) is 0.192. The van der Waals surface area contributed by atoms with Crippen molar-refractivity contribution in [1.82, 2.24) is 0 Å². The summed E-state index contributed by atoms with van der Waals surface area (Å²) >= 11 is 0. The summed E-state index contributed by atoms with van der Waals surface area (Å²) in [4.78, 5) is 0. The summed E-state index contributed by atoms with van der Waals surface area (Å²) in [6.07, 6.45) is 1.17. The number of hydrogen-bond donors (Lipinski definition) is 0. The molecule has 0 saturated carbocycles. The van der Waals surface area contributed by atoms with Crippen molar-refractivity contribution in [2.24, 2.45) is 0 Å². The van der Waals surface area contributed by atoms with E-state index in [-0.39, 0.29) is 7.43 Å². The van der Waals surface area contributed by atoms with Crippen LogP contribution in [0.15, 0.2) is 0 Å². The van der Waals surface area contributed by atoms with Crippen molar-refractivity contribution in [3.8, 4) is 0 Å². The van der Waals surface area contributed by atoms with Crippen molar-refractivity contribution in [1.29, 1.82) is 0 Å². The van der Waals surface area contributed by atoms with E-state index in [0.29, 0.717) is 12.2 Å². The first-order valence-corrected chi connectivity index (χ1v) is 3.02. The summed E-state index contributed by atoms with van der Waals surface area (Å²) < 4.78 is 9.42. The highest BCUT2D eigenvalue weighted by atomic mass is 16.6. The highest BCUT2D eigenvalue weighted by molar-refractivity contribution is 4.58. The van der Waals surface area contributed by atoms with Crippen molar-refractivity contribution >= 4 is 0 Å². The maximum absolute atomic E-state index is 4.71. The smallest absolute Gasteiger partial charge is 0.0781 e. The van der Waals surface area contributed by atoms with Gasteiger partial charge in [-0.15, -0.1) is 0 Å². The molecule has 0 aromatic carbocycles. The number of hydrogen-bond acceptors (Lipinski definition) is 2. The van der Waals surface area contributed by atoms with E-state index in [2.05, 4.69) is 13.8 Å². The average molecular weight is 132 g/mol. The Kier molecular flexibility index (Phi) is 3.82. The summed E-state index contributed by atoms with van der Waals surface area (Å²) in [6, 6.07) is 0.